The highest BCUT2D eigenvalue weighted by atomic mass is 19.2. The molecule has 5 heteroatoms. The van der Waals surface area contributed by atoms with Gasteiger partial charge in [0.2, 0.25) is 0 Å². The first-order valence-corrected chi connectivity index (χ1v) is 6.30. The number of rotatable bonds is 2. The molecule has 0 aliphatic carbocycles. The van der Waals surface area contributed by atoms with Gasteiger partial charge in [0.25, 0.3) is 0 Å². The molecule has 0 fully saturated rings. The summed E-state index contributed by atoms with van der Waals surface area (Å²) in [6.45, 7) is 3.91. The Kier molecular flexibility index (Phi) is 2.97. The second-order valence-corrected chi connectivity index (χ2v) is 4.78. The molecule has 0 atom stereocenters. The van der Waals surface area contributed by atoms with Gasteiger partial charge in [0, 0.05) is 16.6 Å². The van der Waals surface area contributed by atoms with Crippen LogP contribution in [0, 0.1) is 25.5 Å². The van der Waals surface area contributed by atoms with E-state index < -0.39 is 11.6 Å². The zero-order valence-corrected chi connectivity index (χ0v) is 11.2. The highest BCUT2D eigenvalue weighted by Crippen LogP contribution is 2.19. The van der Waals surface area contributed by atoms with Crippen LogP contribution >= 0.6 is 0 Å². The molecule has 0 aliphatic heterocycles. The first kappa shape index (κ1) is 12.7. The molecular weight excluding hydrogens is 260 g/mol. The SMILES string of the molecule is Cc1ccc2c(C)nn(Cc3cccc(F)c3F)c2n1. The van der Waals surface area contributed by atoms with Crippen molar-refractivity contribution in [1.82, 2.24) is 14.8 Å². The lowest BCUT2D eigenvalue weighted by molar-refractivity contribution is 0.492. The standard InChI is InChI=1S/C15H13F2N3/c1-9-6-7-12-10(2)19-20(15(12)18-9)8-11-4-3-5-13(16)14(11)17/h3-7H,8H2,1-2H3. The number of hydrogen-bond acceptors (Lipinski definition) is 2. The van der Waals surface area contributed by atoms with Gasteiger partial charge in [-0.05, 0) is 32.0 Å². The van der Waals surface area contributed by atoms with E-state index in [-0.39, 0.29) is 12.1 Å². The van der Waals surface area contributed by atoms with Crippen LogP contribution in [0.5, 0.6) is 0 Å². The van der Waals surface area contributed by atoms with E-state index in [9.17, 15) is 8.78 Å². The molecule has 0 unspecified atom stereocenters. The molecule has 1 aromatic carbocycles. The maximum absolute atomic E-state index is 13.7. The van der Waals surface area contributed by atoms with Crippen molar-refractivity contribution >= 4 is 11.0 Å². The van der Waals surface area contributed by atoms with E-state index in [1.807, 2.05) is 26.0 Å². The third-order valence-corrected chi connectivity index (χ3v) is 3.27. The fourth-order valence-electron chi connectivity index (χ4n) is 2.25. The summed E-state index contributed by atoms with van der Waals surface area (Å²) >= 11 is 0. The van der Waals surface area contributed by atoms with E-state index in [0.717, 1.165) is 22.8 Å². The predicted octanol–water partition coefficient (Wildman–Crippen LogP) is 3.37. The number of fused-ring (bicyclic) bond motifs is 1. The number of hydrogen-bond donors (Lipinski definition) is 0. The Bertz CT molecular complexity index is 793. The second-order valence-electron chi connectivity index (χ2n) is 4.78. The fourth-order valence-corrected chi connectivity index (χ4v) is 2.25. The number of halogens is 2. The van der Waals surface area contributed by atoms with Gasteiger partial charge < -0.3 is 0 Å². The van der Waals surface area contributed by atoms with Gasteiger partial charge in [-0.2, -0.15) is 5.10 Å². The van der Waals surface area contributed by atoms with E-state index >= 15 is 0 Å². The van der Waals surface area contributed by atoms with Gasteiger partial charge in [-0.25, -0.2) is 18.4 Å². The summed E-state index contributed by atoms with van der Waals surface area (Å²) in [5, 5.41) is 5.29. The molecule has 3 aromatic rings. The maximum Gasteiger partial charge on any atom is 0.163 e. The van der Waals surface area contributed by atoms with Crippen molar-refractivity contribution in [2.24, 2.45) is 0 Å². The van der Waals surface area contributed by atoms with Crippen LogP contribution in [0.3, 0.4) is 0 Å². The molecule has 102 valence electrons. The van der Waals surface area contributed by atoms with Crippen LogP contribution in [0.2, 0.25) is 0 Å². The van der Waals surface area contributed by atoms with Gasteiger partial charge in [-0.3, -0.25) is 0 Å². The number of aromatic nitrogens is 3. The normalized spacial score (nSPS) is 11.2. The first-order chi connectivity index (χ1) is 9.56. The van der Waals surface area contributed by atoms with E-state index in [4.69, 9.17) is 0 Å². The highest BCUT2D eigenvalue weighted by molar-refractivity contribution is 5.78. The van der Waals surface area contributed by atoms with Crippen LogP contribution in [0.4, 0.5) is 8.78 Å². The van der Waals surface area contributed by atoms with Crippen LogP contribution in [-0.4, -0.2) is 14.8 Å². The van der Waals surface area contributed by atoms with E-state index in [1.54, 1.807) is 10.7 Å². The van der Waals surface area contributed by atoms with Crippen LogP contribution in [0.15, 0.2) is 30.3 Å². The molecular formula is C15H13F2N3. The molecule has 2 heterocycles. The highest BCUT2D eigenvalue weighted by Gasteiger charge is 2.13. The Morgan fingerprint density at radius 1 is 1.10 bits per heavy atom. The van der Waals surface area contributed by atoms with Crippen molar-refractivity contribution in [1.29, 1.82) is 0 Å². The second kappa shape index (κ2) is 4.67. The molecule has 0 aliphatic rings. The molecule has 0 bridgehead atoms. The first-order valence-electron chi connectivity index (χ1n) is 6.30. The van der Waals surface area contributed by atoms with Crippen molar-refractivity contribution in [2.45, 2.75) is 20.4 Å². The summed E-state index contributed by atoms with van der Waals surface area (Å²) in [6, 6.07) is 8.00. The summed E-state index contributed by atoms with van der Waals surface area (Å²) in [4.78, 5) is 4.43. The Hall–Kier alpha value is -2.30. The zero-order chi connectivity index (χ0) is 14.3. The number of nitrogens with zero attached hydrogens (tertiary/aromatic N) is 3. The molecule has 0 saturated carbocycles. The lowest BCUT2D eigenvalue weighted by Crippen LogP contribution is -2.06. The number of pyridine rings is 1. The predicted molar refractivity (Wildman–Crippen MR) is 72.5 cm³/mol. The van der Waals surface area contributed by atoms with E-state index in [2.05, 4.69) is 10.1 Å². The van der Waals surface area contributed by atoms with Gasteiger partial charge in [-0.15, -0.1) is 0 Å². The van der Waals surface area contributed by atoms with Crippen molar-refractivity contribution in [3.8, 4) is 0 Å². The third kappa shape index (κ3) is 2.05. The monoisotopic (exact) mass is 273 g/mol. The molecule has 0 saturated heterocycles. The quantitative estimate of drug-likeness (QED) is 0.716. The summed E-state index contributed by atoms with van der Waals surface area (Å²) in [6.07, 6.45) is 0. The molecule has 2 aromatic heterocycles. The maximum atomic E-state index is 13.7. The van der Waals surface area contributed by atoms with Crippen molar-refractivity contribution in [3.05, 3.63) is 58.9 Å². The van der Waals surface area contributed by atoms with Crippen molar-refractivity contribution in [2.75, 3.05) is 0 Å². The Morgan fingerprint density at radius 2 is 1.90 bits per heavy atom. The van der Waals surface area contributed by atoms with Gasteiger partial charge in [0.05, 0.1) is 12.2 Å². The van der Waals surface area contributed by atoms with E-state index in [0.29, 0.717) is 5.65 Å². The molecule has 0 radical (unpaired) electrons. The summed E-state index contributed by atoms with van der Waals surface area (Å²) in [7, 11) is 0. The summed E-state index contributed by atoms with van der Waals surface area (Å²) in [5.41, 5.74) is 2.63. The molecule has 3 nitrogen and oxygen atoms in total. The van der Waals surface area contributed by atoms with Gasteiger partial charge in [0.15, 0.2) is 17.3 Å². The zero-order valence-electron chi connectivity index (χ0n) is 11.2. The van der Waals surface area contributed by atoms with Crippen LogP contribution in [0.25, 0.3) is 11.0 Å². The minimum atomic E-state index is -0.847. The Labute approximate surface area is 114 Å². The minimum Gasteiger partial charge on any atom is -0.242 e. The molecule has 0 N–H and O–H groups in total. The fraction of sp³-hybridized carbons (Fsp3) is 0.200. The summed E-state index contributed by atoms with van der Waals surface area (Å²) < 4.78 is 28.6. The van der Waals surface area contributed by atoms with Crippen LogP contribution in [0.1, 0.15) is 17.0 Å². The van der Waals surface area contributed by atoms with Crippen molar-refractivity contribution < 1.29 is 8.78 Å². The van der Waals surface area contributed by atoms with Gasteiger partial charge in [0.1, 0.15) is 0 Å². The lowest BCUT2D eigenvalue weighted by Gasteiger charge is -2.05. The Balaban J connectivity index is 2.11. The summed E-state index contributed by atoms with van der Waals surface area (Å²) in [5.74, 6) is -1.68. The smallest absolute Gasteiger partial charge is 0.163 e. The number of aryl methyl sites for hydroxylation is 2. The van der Waals surface area contributed by atoms with Crippen molar-refractivity contribution in [3.63, 3.8) is 0 Å². The largest absolute Gasteiger partial charge is 0.242 e. The average Bonchev–Trinajstić information content (AvgIpc) is 2.71. The third-order valence-electron chi connectivity index (χ3n) is 3.27. The topological polar surface area (TPSA) is 30.7 Å². The van der Waals surface area contributed by atoms with Crippen LogP contribution < -0.4 is 0 Å². The Morgan fingerprint density at radius 3 is 2.70 bits per heavy atom. The van der Waals surface area contributed by atoms with Crippen LogP contribution in [-0.2, 0) is 6.54 Å². The minimum absolute atomic E-state index is 0.157. The van der Waals surface area contributed by atoms with Gasteiger partial charge in [-0.1, -0.05) is 12.1 Å². The molecule has 20 heavy (non-hydrogen) atoms. The molecule has 0 amide bonds. The average molecular weight is 273 g/mol. The van der Waals surface area contributed by atoms with Gasteiger partial charge >= 0.3 is 0 Å². The lowest BCUT2D eigenvalue weighted by atomic mass is 10.2. The molecule has 3 rings (SSSR count). The van der Waals surface area contributed by atoms with E-state index in [1.165, 1.54) is 6.07 Å². The number of benzene rings is 1. The molecule has 0 spiro atoms.